The van der Waals surface area contributed by atoms with Gasteiger partial charge in [0.15, 0.2) is 6.61 Å². The topological polar surface area (TPSA) is 58.6 Å². The van der Waals surface area contributed by atoms with E-state index in [0.717, 1.165) is 17.5 Å². The number of nitrogens with one attached hydrogen (secondary N) is 1. The van der Waals surface area contributed by atoms with E-state index in [1.807, 2.05) is 45.0 Å². The molecule has 7 heteroatoms. The quantitative estimate of drug-likeness (QED) is 0.583. The zero-order valence-electron chi connectivity index (χ0n) is 17.7. The molecule has 162 valence electrons. The second-order valence-electron chi connectivity index (χ2n) is 7.36. The molecule has 0 heterocycles. The fourth-order valence-corrected chi connectivity index (χ4v) is 3.22. The number of carbonyl (C=O) groups is 2. The third-order valence-electron chi connectivity index (χ3n) is 4.89. The van der Waals surface area contributed by atoms with Gasteiger partial charge in [0.25, 0.3) is 5.91 Å². The summed E-state index contributed by atoms with van der Waals surface area (Å²) in [6.07, 6.45) is 0.808. The van der Waals surface area contributed by atoms with Gasteiger partial charge in [-0.2, -0.15) is 0 Å². The molecule has 0 unspecified atom stereocenters. The van der Waals surface area contributed by atoms with Crippen LogP contribution in [0.4, 0.5) is 0 Å². The van der Waals surface area contributed by atoms with Gasteiger partial charge >= 0.3 is 0 Å². The van der Waals surface area contributed by atoms with Crippen molar-refractivity contribution in [2.45, 2.75) is 52.7 Å². The van der Waals surface area contributed by atoms with E-state index in [9.17, 15) is 9.59 Å². The molecule has 2 atom stereocenters. The summed E-state index contributed by atoms with van der Waals surface area (Å²) in [6.45, 7) is 7.70. The van der Waals surface area contributed by atoms with Crippen LogP contribution < -0.4 is 10.1 Å². The van der Waals surface area contributed by atoms with Crippen LogP contribution in [-0.4, -0.2) is 35.4 Å². The molecule has 0 fully saturated rings. The Kier molecular flexibility index (Phi) is 9.00. The number of hydrogen-bond acceptors (Lipinski definition) is 3. The van der Waals surface area contributed by atoms with Crippen molar-refractivity contribution in [2.75, 3.05) is 6.61 Å². The number of rotatable bonds is 9. The van der Waals surface area contributed by atoms with Gasteiger partial charge in [-0.15, -0.1) is 0 Å². The van der Waals surface area contributed by atoms with Crippen LogP contribution in [-0.2, 0) is 16.1 Å². The summed E-state index contributed by atoms with van der Waals surface area (Å²) in [5.41, 5.74) is 2.06. The largest absolute Gasteiger partial charge is 0.482 e. The van der Waals surface area contributed by atoms with Gasteiger partial charge < -0.3 is 15.0 Å². The average Bonchev–Trinajstić information content (AvgIpc) is 2.71. The number of aryl methyl sites for hydroxylation is 1. The van der Waals surface area contributed by atoms with E-state index in [0.29, 0.717) is 22.3 Å². The molecule has 0 aromatic heterocycles. The molecule has 0 saturated carbocycles. The van der Waals surface area contributed by atoms with Crippen LogP contribution in [0.25, 0.3) is 0 Å². The Bertz CT molecular complexity index is 871. The molecule has 0 saturated heterocycles. The first-order valence-corrected chi connectivity index (χ1v) is 10.7. The minimum Gasteiger partial charge on any atom is -0.482 e. The predicted octanol–water partition coefficient (Wildman–Crippen LogP) is 5.01. The first kappa shape index (κ1) is 24.0. The molecule has 2 amide bonds. The Morgan fingerprint density at radius 3 is 2.37 bits per heavy atom. The third kappa shape index (κ3) is 6.92. The Hall–Kier alpha value is -2.24. The summed E-state index contributed by atoms with van der Waals surface area (Å²) in [6, 6.07) is 12.0. The van der Waals surface area contributed by atoms with Crippen LogP contribution in [0.1, 0.15) is 38.3 Å². The fourth-order valence-electron chi connectivity index (χ4n) is 2.75. The number of benzene rings is 2. The van der Waals surface area contributed by atoms with E-state index in [4.69, 9.17) is 27.9 Å². The normalized spacial score (nSPS) is 12.7. The number of carbonyl (C=O) groups excluding carboxylic acids is 2. The lowest BCUT2D eigenvalue weighted by Crippen LogP contribution is -2.50. The fraction of sp³-hybridized carbons (Fsp3) is 0.391. The van der Waals surface area contributed by atoms with Gasteiger partial charge in [0.1, 0.15) is 11.8 Å². The lowest BCUT2D eigenvalue weighted by Gasteiger charge is -2.29. The van der Waals surface area contributed by atoms with Gasteiger partial charge in [0.05, 0.1) is 5.02 Å². The van der Waals surface area contributed by atoms with E-state index in [2.05, 4.69) is 5.32 Å². The molecule has 0 spiro atoms. The van der Waals surface area contributed by atoms with Crippen molar-refractivity contribution < 1.29 is 14.3 Å². The number of ether oxygens (including phenoxy) is 1. The second kappa shape index (κ2) is 11.2. The zero-order chi connectivity index (χ0) is 22.3. The first-order valence-electron chi connectivity index (χ1n) is 9.94. The van der Waals surface area contributed by atoms with Gasteiger partial charge in [0, 0.05) is 17.6 Å². The van der Waals surface area contributed by atoms with Crippen molar-refractivity contribution >= 4 is 35.0 Å². The zero-order valence-corrected chi connectivity index (χ0v) is 19.3. The van der Waals surface area contributed by atoms with Crippen LogP contribution in [0.3, 0.4) is 0 Å². The number of hydrogen-bond donors (Lipinski definition) is 1. The summed E-state index contributed by atoms with van der Waals surface area (Å²) in [5.74, 6) is -0.149. The summed E-state index contributed by atoms with van der Waals surface area (Å²) >= 11 is 12.0. The van der Waals surface area contributed by atoms with Crippen molar-refractivity contribution in [3.05, 3.63) is 63.6 Å². The van der Waals surface area contributed by atoms with Crippen LogP contribution in [0, 0.1) is 6.92 Å². The molecule has 2 aromatic rings. The van der Waals surface area contributed by atoms with Crippen molar-refractivity contribution in [2.24, 2.45) is 0 Å². The molecule has 2 rings (SSSR count). The Morgan fingerprint density at radius 2 is 1.77 bits per heavy atom. The molecule has 5 nitrogen and oxygen atoms in total. The molecule has 0 bridgehead atoms. The highest BCUT2D eigenvalue weighted by Crippen LogP contribution is 2.27. The van der Waals surface area contributed by atoms with Crippen molar-refractivity contribution in [3.8, 4) is 5.75 Å². The lowest BCUT2D eigenvalue weighted by atomic mass is 10.1. The average molecular weight is 451 g/mol. The lowest BCUT2D eigenvalue weighted by molar-refractivity contribution is -0.142. The van der Waals surface area contributed by atoms with Gasteiger partial charge in [-0.1, -0.05) is 60.0 Å². The monoisotopic (exact) mass is 450 g/mol. The maximum absolute atomic E-state index is 13.0. The molecule has 0 aliphatic heterocycles. The highest BCUT2D eigenvalue weighted by atomic mass is 35.5. The third-order valence-corrected chi connectivity index (χ3v) is 5.42. The Morgan fingerprint density at radius 1 is 1.10 bits per heavy atom. The van der Waals surface area contributed by atoms with E-state index in [1.165, 1.54) is 4.90 Å². The van der Waals surface area contributed by atoms with Crippen LogP contribution >= 0.6 is 23.2 Å². The highest BCUT2D eigenvalue weighted by molar-refractivity contribution is 6.35. The molecule has 30 heavy (non-hydrogen) atoms. The summed E-state index contributed by atoms with van der Waals surface area (Å²) in [5, 5.41) is 3.74. The first-order chi connectivity index (χ1) is 14.2. The number of amides is 2. The minimum atomic E-state index is -0.655. The van der Waals surface area contributed by atoms with Crippen molar-refractivity contribution in [1.82, 2.24) is 10.2 Å². The smallest absolute Gasteiger partial charge is 0.261 e. The van der Waals surface area contributed by atoms with Gasteiger partial charge in [-0.05, 0) is 51.0 Å². The summed E-state index contributed by atoms with van der Waals surface area (Å²) in [4.78, 5) is 27.2. The standard InChI is InChI=1S/C23H28Cl2N2O3/c1-5-16(3)26-23(29)17(4)27(13-18-8-6-15(2)7-9-18)22(28)14-30-21-11-10-19(24)12-20(21)25/h6-12,16-17H,5,13-14H2,1-4H3,(H,26,29)/t16-,17-/m1/s1. The van der Waals surface area contributed by atoms with Gasteiger partial charge in [-0.3, -0.25) is 9.59 Å². The molecule has 0 aliphatic carbocycles. The van der Waals surface area contributed by atoms with Gasteiger partial charge in [-0.25, -0.2) is 0 Å². The maximum Gasteiger partial charge on any atom is 0.261 e. The number of halogens is 2. The Labute approximate surface area is 188 Å². The molecule has 1 N–H and O–H groups in total. The van der Waals surface area contributed by atoms with Gasteiger partial charge in [0.2, 0.25) is 5.91 Å². The molecule has 0 aliphatic rings. The molecule has 0 radical (unpaired) electrons. The SMILES string of the molecule is CC[C@@H](C)NC(=O)[C@@H](C)N(Cc1ccc(C)cc1)C(=O)COc1ccc(Cl)cc1Cl. The van der Waals surface area contributed by atoms with Crippen LogP contribution in [0.15, 0.2) is 42.5 Å². The Balaban J connectivity index is 2.16. The van der Waals surface area contributed by atoms with E-state index in [1.54, 1.807) is 25.1 Å². The maximum atomic E-state index is 13.0. The minimum absolute atomic E-state index is 0.0281. The molecular weight excluding hydrogens is 423 g/mol. The summed E-state index contributed by atoms with van der Waals surface area (Å²) < 4.78 is 5.61. The van der Waals surface area contributed by atoms with Crippen molar-refractivity contribution in [1.29, 1.82) is 0 Å². The predicted molar refractivity (Wildman–Crippen MR) is 121 cm³/mol. The summed E-state index contributed by atoms with van der Waals surface area (Å²) in [7, 11) is 0. The van der Waals surface area contributed by atoms with E-state index in [-0.39, 0.29) is 24.5 Å². The van der Waals surface area contributed by atoms with Crippen molar-refractivity contribution in [3.63, 3.8) is 0 Å². The van der Waals surface area contributed by atoms with E-state index >= 15 is 0 Å². The van der Waals surface area contributed by atoms with Crippen LogP contribution in [0.2, 0.25) is 10.0 Å². The van der Waals surface area contributed by atoms with Crippen LogP contribution in [0.5, 0.6) is 5.75 Å². The van der Waals surface area contributed by atoms with E-state index < -0.39 is 6.04 Å². The molecule has 2 aromatic carbocycles. The number of nitrogens with zero attached hydrogens (tertiary/aromatic N) is 1. The molecular formula is C23H28Cl2N2O3. The highest BCUT2D eigenvalue weighted by Gasteiger charge is 2.27. The second-order valence-corrected chi connectivity index (χ2v) is 8.21.